The summed E-state index contributed by atoms with van der Waals surface area (Å²) in [5, 5.41) is 0.647. The van der Waals surface area contributed by atoms with E-state index in [1.165, 1.54) is 5.56 Å². The van der Waals surface area contributed by atoms with E-state index in [4.69, 9.17) is 0 Å². The van der Waals surface area contributed by atoms with Crippen molar-refractivity contribution in [1.29, 1.82) is 0 Å². The molecule has 0 unspecified atom stereocenters. The first kappa shape index (κ1) is 15.8. The molecule has 0 radical (unpaired) electrons. The Balaban J connectivity index is 1.68. The monoisotopic (exact) mass is 408 g/mol. The smallest absolute Gasteiger partial charge is 0.264 e. The molecule has 5 heteroatoms. The number of pyridine rings is 1. The van der Waals surface area contributed by atoms with Crippen LogP contribution in [0.15, 0.2) is 51.9 Å². The highest BCUT2D eigenvalue weighted by Crippen LogP contribution is 2.35. The largest absolute Gasteiger partial charge is 0.346 e. The summed E-state index contributed by atoms with van der Waals surface area (Å²) in [5.41, 5.74) is 4.30. The Morgan fingerprint density at radius 3 is 2.88 bits per heavy atom. The molecule has 2 aromatic carbocycles. The van der Waals surface area contributed by atoms with Crippen molar-refractivity contribution >= 4 is 38.4 Å². The molecular weight excluding hydrogens is 392 g/mol. The third-order valence-electron chi connectivity index (χ3n) is 5.51. The fourth-order valence-electron chi connectivity index (χ4n) is 4.35. The number of fused-ring (bicyclic) bond motifs is 1. The van der Waals surface area contributed by atoms with Gasteiger partial charge < -0.3 is 9.47 Å². The van der Waals surface area contributed by atoms with Crippen molar-refractivity contribution < 1.29 is 4.79 Å². The molecule has 26 heavy (non-hydrogen) atoms. The summed E-state index contributed by atoms with van der Waals surface area (Å²) in [7, 11) is 0. The SMILES string of the molecule is C[C@@H]1Cc2cc(Br)ccc2N1C(=O)c1cn2c3c(cccc3c1=O)CC2. The van der Waals surface area contributed by atoms with Gasteiger partial charge >= 0.3 is 0 Å². The molecule has 0 fully saturated rings. The molecule has 5 rings (SSSR count). The molecule has 0 aliphatic carbocycles. The third kappa shape index (κ3) is 2.13. The number of hydrogen-bond donors (Lipinski definition) is 0. The van der Waals surface area contributed by atoms with E-state index < -0.39 is 0 Å². The second kappa shape index (κ2) is 5.55. The highest BCUT2D eigenvalue weighted by atomic mass is 79.9. The minimum absolute atomic E-state index is 0.0341. The van der Waals surface area contributed by atoms with E-state index in [0.29, 0.717) is 5.39 Å². The highest BCUT2D eigenvalue weighted by Gasteiger charge is 2.33. The summed E-state index contributed by atoms with van der Waals surface area (Å²) in [6.45, 7) is 2.84. The number of halogens is 1. The lowest BCUT2D eigenvalue weighted by molar-refractivity contribution is 0.0980. The maximum atomic E-state index is 13.4. The summed E-state index contributed by atoms with van der Waals surface area (Å²) in [6, 6.07) is 11.8. The lowest BCUT2D eigenvalue weighted by atomic mass is 10.1. The van der Waals surface area contributed by atoms with Gasteiger partial charge in [0.1, 0.15) is 5.56 Å². The first-order chi connectivity index (χ1) is 12.5. The summed E-state index contributed by atoms with van der Waals surface area (Å²) >= 11 is 3.49. The Kier molecular flexibility index (Phi) is 3.38. The number of hydrogen-bond acceptors (Lipinski definition) is 2. The van der Waals surface area contributed by atoms with Crippen LogP contribution in [0, 0.1) is 0 Å². The topological polar surface area (TPSA) is 42.3 Å². The summed E-state index contributed by atoms with van der Waals surface area (Å²) in [4.78, 5) is 28.2. The third-order valence-corrected chi connectivity index (χ3v) is 6.00. The summed E-state index contributed by atoms with van der Waals surface area (Å²) < 4.78 is 3.06. The molecular formula is C21H17BrN2O2. The number of carbonyl (C=O) groups is 1. The second-order valence-electron chi connectivity index (χ2n) is 7.13. The van der Waals surface area contributed by atoms with E-state index in [1.807, 2.05) is 31.2 Å². The van der Waals surface area contributed by atoms with Crippen LogP contribution in [0.25, 0.3) is 10.9 Å². The Morgan fingerprint density at radius 2 is 2.04 bits per heavy atom. The number of carbonyl (C=O) groups excluding carboxylic acids is 1. The maximum absolute atomic E-state index is 13.4. The van der Waals surface area contributed by atoms with Crippen LogP contribution >= 0.6 is 15.9 Å². The van der Waals surface area contributed by atoms with Gasteiger partial charge in [-0.3, -0.25) is 9.59 Å². The van der Waals surface area contributed by atoms with Gasteiger partial charge in [-0.2, -0.15) is 0 Å². The average molecular weight is 409 g/mol. The number of amides is 1. The Labute approximate surface area is 159 Å². The van der Waals surface area contributed by atoms with Crippen LogP contribution in [-0.2, 0) is 19.4 Å². The molecule has 2 aliphatic rings. The molecule has 1 amide bonds. The zero-order valence-electron chi connectivity index (χ0n) is 14.3. The van der Waals surface area contributed by atoms with Gasteiger partial charge in [0.25, 0.3) is 5.91 Å². The van der Waals surface area contributed by atoms with E-state index >= 15 is 0 Å². The fourth-order valence-corrected chi connectivity index (χ4v) is 4.76. The van der Waals surface area contributed by atoms with Crippen molar-refractivity contribution in [1.82, 2.24) is 4.57 Å². The summed E-state index contributed by atoms with van der Waals surface area (Å²) in [5.74, 6) is -0.202. The highest BCUT2D eigenvalue weighted by molar-refractivity contribution is 9.10. The van der Waals surface area contributed by atoms with Crippen molar-refractivity contribution in [3.05, 3.63) is 74.0 Å². The molecule has 2 aliphatic heterocycles. The van der Waals surface area contributed by atoms with Crippen LogP contribution < -0.4 is 10.3 Å². The zero-order valence-corrected chi connectivity index (χ0v) is 15.9. The number of aromatic nitrogens is 1. The fraction of sp³-hybridized carbons (Fsp3) is 0.238. The predicted molar refractivity (Wildman–Crippen MR) is 106 cm³/mol. The number of para-hydroxylation sites is 1. The van der Waals surface area contributed by atoms with E-state index in [2.05, 4.69) is 32.6 Å². The van der Waals surface area contributed by atoms with E-state index in [9.17, 15) is 9.59 Å². The van der Waals surface area contributed by atoms with Crippen molar-refractivity contribution in [2.45, 2.75) is 32.4 Å². The Bertz CT molecular complexity index is 1150. The molecule has 130 valence electrons. The molecule has 3 aromatic rings. The maximum Gasteiger partial charge on any atom is 0.264 e. The van der Waals surface area contributed by atoms with Crippen LogP contribution in [-0.4, -0.2) is 16.5 Å². The van der Waals surface area contributed by atoms with E-state index in [-0.39, 0.29) is 22.9 Å². The van der Waals surface area contributed by atoms with Crippen LogP contribution in [0.2, 0.25) is 0 Å². The van der Waals surface area contributed by atoms with E-state index in [0.717, 1.165) is 40.6 Å². The van der Waals surface area contributed by atoms with Gasteiger partial charge in [-0.05, 0) is 55.2 Å². The number of aryl methyl sites for hydroxylation is 2. The van der Waals surface area contributed by atoms with Gasteiger partial charge in [0.15, 0.2) is 0 Å². The first-order valence-electron chi connectivity index (χ1n) is 8.81. The van der Waals surface area contributed by atoms with Crippen LogP contribution in [0.3, 0.4) is 0 Å². The molecule has 0 N–H and O–H groups in total. The molecule has 3 heterocycles. The lowest BCUT2D eigenvalue weighted by Gasteiger charge is -2.23. The minimum atomic E-state index is -0.202. The van der Waals surface area contributed by atoms with Gasteiger partial charge in [-0.25, -0.2) is 0 Å². The number of nitrogens with zero attached hydrogens (tertiary/aromatic N) is 2. The van der Waals surface area contributed by atoms with Crippen molar-refractivity contribution in [3.8, 4) is 0 Å². The lowest BCUT2D eigenvalue weighted by Crippen LogP contribution is -2.38. The van der Waals surface area contributed by atoms with Crippen molar-refractivity contribution in [2.24, 2.45) is 0 Å². The average Bonchev–Trinajstić information content (AvgIpc) is 3.18. The quantitative estimate of drug-likeness (QED) is 0.612. The van der Waals surface area contributed by atoms with Crippen LogP contribution in [0.4, 0.5) is 5.69 Å². The van der Waals surface area contributed by atoms with Gasteiger partial charge in [0.2, 0.25) is 5.43 Å². The second-order valence-corrected chi connectivity index (χ2v) is 8.05. The summed E-state index contributed by atoms with van der Waals surface area (Å²) in [6.07, 6.45) is 3.46. The number of rotatable bonds is 1. The normalized spacial score (nSPS) is 17.8. The standard InChI is InChI=1S/C21H17BrN2O2/c1-12-9-14-10-15(22)5-6-18(14)24(12)21(26)17-11-23-8-7-13-3-2-4-16(19(13)23)20(17)25/h2-6,10-12H,7-9H2,1H3/t12-/m1/s1. The van der Waals surface area contributed by atoms with Crippen LogP contribution in [0.5, 0.6) is 0 Å². The molecule has 1 atom stereocenters. The molecule has 0 saturated heterocycles. The van der Waals surface area contributed by atoms with Crippen molar-refractivity contribution in [2.75, 3.05) is 4.90 Å². The number of benzene rings is 2. The minimum Gasteiger partial charge on any atom is -0.346 e. The van der Waals surface area contributed by atoms with Crippen molar-refractivity contribution in [3.63, 3.8) is 0 Å². The molecule has 4 nitrogen and oxygen atoms in total. The Morgan fingerprint density at radius 1 is 1.19 bits per heavy atom. The number of anilines is 1. The molecule has 0 saturated carbocycles. The predicted octanol–water partition coefficient (Wildman–Crippen LogP) is 3.91. The molecule has 0 bridgehead atoms. The van der Waals surface area contributed by atoms with E-state index in [1.54, 1.807) is 11.1 Å². The molecule has 0 spiro atoms. The van der Waals surface area contributed by atoms with Gasteiger partial charge in [0.05, 0.1) is 5.52 Å². The molecule has 1 aromatic heterocycles. The van der Waals surface area contributed by atoms with Gasteiger partial charge in [0, 0.05) is 34.3 Å². The van der Waals surface area contributed by atoms with Gasteiger partial charge in [-0.15, -0.1) is 0 Å². The van der Waals surface area contributed by atoms with Crippen LogP contribution in [0.1, 0.15) is 28.4 Å². The zero-order chi connectivity index (χ0) is 18.0. The van der Waals surface area contributed by atoms with Gasteiger partial charge in [-0.1, -0.05) is 28.1 Å². The first-order valence-corrected chi connectivity index (χ1v) is 9.61. The Hall–Kier alpha value is -2.40.